The number of nitrogens with two attached hydrogens (primary N) is 1. The molecule has 5 rings (SSSR count). The summed E-state index contributed by atoms with van der Waals surface area (Å²) in [5.41, 5.74) is 5.03. The lowest BCUT2D eigenvalue weighted by molar-refractivity contribution is 0.597. The predicted molar refractivity (Wildman–Crippen MR) is 162 cm³/mol. The Morgan fingerprint density at radius 3 is 2.48 bits per heavy atom. The molecule has 0 aliphatic carbocycles. The zero-order valence-corrected chi connectivity index (χ0v) is 24.2. The number of rotatable bonds is 8. The van der Waals surface area contributed by atoms with E-state index in [0.717, 1.165) is 22.7 Å². The number of nitrogens with one attached hydrogen (secondary N) is 2. The monoisotopic (exact) mass is 578 g/mol. The lowest BCUT2D eigenvalue weighted by Gasteiger charge is -2.19. The molecular formula is C28H31ClN8O2S. The van der Waals surface area contributed by atoms with Crippen LogP contribution in [0.1, 0.15) is 24.1 Å². The van der Waals surface area contributed by atoms with Crippen molar-refractivity contribution in [3.63, 3.8) is 0 Å². The third-order valence-corrected chi connectivity index (χ3v) is 7.69. The molecule has 2 aromatic heterocycles. The van der Waals surface area contributed by atoms with Crippen LogP contribution < -0.4 is 20.7 Å². The first-order valence-electron chi connectivity index (χ1n) is 12.4. The Balaban J connectivity index is 0.00000370. The van der Waals surface area contributed by atoms with Gasteiger partial charge in [-0.05, 0) is 61.4 Å². The summed E-state index contributed by atoms with van der Waals surface area (Å²) in [6, 6.07) is 23.1. The first kappa shape index (κ1) is 28.8. The third-order valence-electron chi connectivity index (χ3n) is 6.63. The summed E-state index contributed by atoms with van der Waals surface area (Å²) in [5, 5.41) is 11.9. The van der Waals surface area contributed by atoms with Crippen molar-refractivity contribution >= 4 is 62.6 Å². The summed E-state index contributed by atoms with van der Waals surface area (Å²) in [4.78, 5) is 15.7. The van der Waals surface area contributed by atoms with E-state index in [2.05, 4.69) is 39.7 Å². The van der Waals surface area contributed by atoms with Crippen LogP contribution in [0.5, 0.6) is 0 Å². The predicted octanol–water partition coefficient (Wildman–Crippen LogP) is 5.43. The van der Waals surface area contributed by atoms with Gasteiger partial charge in [-0.2, -0.15) is 4.98 Å². The molecular weight excluding hydrogens is 548 g/mol. The Morgan fingerprint density at radius 1 is 1.00 bits per heavy atom. The van der Waals surface area contributed by atoms with Gasteiger partial charge in [-0.3, -0.25) is 0 Å². The first-order chi connectivity index (χ1) is 18.6. The van der Waals surface area contributed by atoms with Crippen molar-refractivity contribution in [3.05, 3.63) is 90.1 Å². The molecule has 0 saturated carbocycles. The highest BCUT2D eigenvalue weighted by molar-refractivity contribution is 7.89. The fourth-order valence-electron chi connectivity index (χ4n) is 4.39. The highest BCUT2D eigenvalue weighted by atomic mass is 35.5. The van der Waals surface area contributed by atoms with Crippen molar-refractivity contribution in [2.45, 2.75) is 24.8 Å². The molecule has 3 aromatic carbocycles. The van der Waals surface area contributed by atoms with Gasteiger partial charge in [0.1, 0.15) is 5.82 Å². The Kier molecular flexibility index (Phi) is 8.29. The number of fused-ring (bicyclic) bond motifs is 1. The van der Waals surface area contributed by atoms with E-state index in [4.69, 9.17) is 10.1 Å². The molecule has 0 amide bonds. The summed E-state index contributed by atoms with van der Waals surface area (Å²) < 4.78 is 25.8. The second-order valence-electron chi connectivity index (χ2n) is 9.39. The highest BCUT2D eigenvalue weighted by Gasteiger charge is 2.15. The van der Waals surface area contributed by atoms with Gasteiger partial charge in [0.25, 0.3) is 0 Å². The molecule has 208 valence electrons. The molecule has 0 spiro atoms. The van der Waals surface area contributed by atoms with Gasteiger partial charge < -0.3 is 20.1 Å². The van der Waals surface area contributed by atoms with Crippen LogP contribution in [0.2, 0.25) is 0 Å². The molecule has 12 heteroatoms. The average Bonchev–Trinajstić information content (AvgIpc) is 3.23. The summed E-state index contributed by atoms with van der Waals surface area (Å²) >= 11 is 0. The minimum atomic E-state index is -3.85. The van der Waals surface area contributed by atoms with Crippen LogP contribution in [0.15, 0.2) is 83.9 Å². The fraction of sp³-hybridized carbons (Fsp3) is 0.179. The Hall–Kier alpha value is -4.19. The molecule has 0 radical (unpaired) electrons. The molecule has 5 aromatic rings. The summed E-state index contributed by atoms with van der Waals surface area (Å²) in [7, 11) is 0.0605. The maximum atomic E-state index is 11.9. The Morgan fingerprint density at radius 2 is 1.75 bits per heavy atom. The SMILES string of the molecule is Cc1ccc(Nc2nccc(N(C)c3ccc4c(c3)nc(NC(C)c3ccccc3)n4C)n2)cc1S(N)(=O)=O.Cl. The van der Waals surface area contributed by atoms with E-state index in [1.165, 1.54) is 11.6 Å². The zero-order valence-electron chi connectivity index (χ0n) is 22.5. The average molecular weight is 579 g/mol. The number of primary sulfonamides is 1. The maximum Gasteiger partial charge on any atom is 0.238 e. The molecule has 1 unspecified atom stereocenters. The molecule has 40 heavy (non-hydrogen) atoms. The van der Waals surface area contributed by atoms with Gasteiger partial charge in [0, 0.05) is 31.7 Å². The number of hydrogen-bond donors (Lipinski definition) is 3. The highest BCUT2D eigenvalue weighted by Crippen LogP contribution is 2.29. The molecule has 0 aliphatic rings. The van der Waals surface area contributed by atoms with E-state index in [0.29, 0.717) is 23.0 Å². The van der Waals surface area contributed by atoms with E-state index in [1.807, 2.05) is 60.0 Å². The normalized spacial score (nSPS) is 12.0. The second-order valence-corrected chi connectivity index (χ2v) is 10.9. The Bertz CT molecular complexity index is 1760. The van der Waals surface area contributed by atoms with Crippen molar-refractivity contribution in [2.75, 3.05) is 22.6 Å². The van der Waals surface area contributed by atoms with Gasteiger partial charge in [-0.15, -0.1) is 12.4 Å². The van der Waals surface area contributed by atoms with E-state index in [1.54, 1.807) is 31.3 Å². The van der Waals surface area contributed by atoms with Gasteiger partial charge in [-0.25, -0.2) is 23.5 Å². The molecule has 0 fully saturated rings. The van der Waals surface area contributed by atoms with Gasteiger partial charge in [0.15, 0.2) is 0 Å². The fourth-order valence-corrected chi connectivity index (χ4v) is 5.19. The van der Waals surface area contributed by atoms with Gasteiger partial charge in [-0.1, -0.05) is 36.4 Å². The molecule has 0 aliphatic heterocycles. The van der Waals surface area contributed by atoms with Crippen LogP contribution in [0.3, 0.4) is 0 Å². The molecule has 0 saturated heterocycles. The van der Waals surface area contributed by atoms with Gasteiger partial charge in [0.05, 0.1) is 22.0 Å². The van der Waals surface area contributed by atoms with Crippen LogP contribution in [0.4, 0.5) is 29.1 Å². The molecule has 10 nitrogen and oxygen atoms in total. The van der Waals surface area contributed by atoms with Crippen LogP contribution in [0.25, 0.3) is 11.0 Å². The van der Waals surface area contributed by atoms with Crippen LogP contribution in [-0.4, -0.2) is 35.0 Å². The van der Waals surface area contributed by atoms with E-state index >= 15 is 0 Å². The number of anilines is 5. The van der Waals surface area contributed by atoms with Crippen molar-refractivity contribution in [3.8, 4) is 0 Å². The lowest BCUT2D eigenvalue weighted by Crippen LogP contribution is -2.14. The van der Waals surface area contributed by atoms with Crippen molar-refractivity contribution < 1.29 is 8.42 Å². The number of aromatic nitrogens is 4. The number of sulfonamides is 1. The van der Waals surface area contributed by atoms with Crippen molar-refractivity contribution in [1.82, 2.24) is 19.5 Å². The largest absolute Gasteiger partial charge is 0.349 e. The second kappa shape index (κ2) is 11.5. The van der Waals surface area contributed by atoms with Gasteiger partial charge in [0.2, 0.25) is 21.9 Å². The number of benzene rings is 3. The van der Waals surface area contributed by atoms with E-state index in [9.17, 15) is 8.42 Å². The lowest BCUT2D eigenvalue weighted by atomic mass is 10.1. The van der Waals surface area contributed by atoms with E-state index < -0.39 is 10.0 Å². The number of imidazole rings is 1. The standard InChI is InChI=1S/C28H30N8O2S.ClH/c1-18-10-11-21(16-25(18)39(29,37)38)32-27-30-15-14-26(34-27)35(3)22-12-13-24-23(17-22)33-28(36(24)4)31-19(2)20-8-6-5-7-9-20;/h5-17,19H,1-4H3,(H,31,33)(H2,29,37,38)(H,30,32,34);1H. The molecule has 0 bridgehead atoms. The topological polar surface area (TPSA) is 131 Å². The van der Waals surface area contributed by atoms with Crippen LogP contribution in [-0.2, 0) is 17.1 Å². The van der Waals surface area contributed by atoms with Gasteiger partial charge >= 0.3 is 0 Å². The minimum absolute atomic E-state index is 0. The van der Waals surface area contributed by atoms with Crippen molar-refractivity contribution in [2.24, 2.45) is 12.2 Å². The molecule has 2 heterocycles. The number of hydrogen-bond acceptors (Lipinski definition) is 8. The zero-order chi connectivity index (χ0) is 27.7. The quantitative estimate of drug-likeness (QED) is 0.222. The number of aryl methyl sites for hydroxylation is 2. The minimum Gasteiger partial charge on any atom is -0.349 e. The van der Waals surface area contributed by atoms with Crippen molar-refractivity contribution in [1.29, 1.82) is 0 Å². The Labute approximate surface area is 239 Å². The van der Waals surface area contributed by atoms with Crippen LogP contribution >= 0.6 is 12.4 Å². The summed E-state index contributed by atoms with van der Waals surface area (Å²) in [6.07, 6.45) is 1.64. The van der Waals surface area contributed by atoms with Crippen LogP contribution in [0, 0.1) is 6.92 Å². The smallest absolute Gasteiger partial charge is 0.238 e. The van der Waals surface area contributed by atoms with E-state index in [-0.39, 0.29) is 23.3 Å². The first-order valence-corrected chi connectivity index (χ1v) is 13.9. The maximum absolute atomic E-state index is 11.9. The number of nitrogens with zero attached hydrogens (tertiary/aromatic N) is 5. The third kappa shape index (κ3) is 6.01. The summed E-state index contributed by atoms with van der Waals surface area (Å²) in [6.45, 7) is 3.80. The molecule has 4 N–H and O–H groups in total. The summed E-state index contributed by atoms with van der Waals surface area (Å²) in [5.74, 6) is 1.76. The number of halogens is 1. The molecule has 1 atom stereocenters.